The summed E-state index contributed by atoms with van der Waals surface area (Å²) in [6, 6.07) is 10.1. The van der Waals surface area contributed by atoms with Crippen molar-refractivity contribution in [1.82, 2.24) is 14.8 Å². The third-order valence-corrected chi connectivity index (χ3v) is 6.45. The highest BCUT2D eigenvalue weighted by Gasteiger charge is 2.42. The first kappa shape index (κ1) is 20.8. The number of ether oxygens (including phenoxy) is 1. The fourth-order valence-corrected chi connectivity index (χ4v) is 4.59. The molecule has 164 valence electrons. The number of carbonyl (C=O) groups is 1. The predicted octanol–water partition coefficient (Wildman–Crippen LogP) is 4.40. The number of halogens is 3. The third-order valence-electron chi connectivity index (χ3n) is 6.11. The monoisotopic (exact) mass is 455 g/mol. The van der Waals surface area contributed by atoms with Gasteiger partial charge in [-0.2, -0.15) is 0 Å². The minimum absolute atomic E-state index is 0.137. The highest BCUT2D eigenvalue weighted by atomic mass is 35.5. The average molecular weight is 456 g/mol. The van der Waals surface area contributed by atoms with Crippen molar-refractivity contribution in [3.05, 3.63) is 82.6 Å². The maximum absolute atomic E-state index is 14.3. The molecule has 0 aliphatic carbocycles. The summed E-state index contributed by atoms with van der Waals surface area (Å²) in [6.07, 6.45) is 3.07. The SMILES string of the molecule is CN1C(=O)c2ccc(-c3ccc(F)cc3F)cc2OC2CN(Cc3ccncc3Cl)CC21. The molecule has 32 heavy (non-hydrogen) atoms. The van der Waals surface area contributed by atoms with Crippen LogP contribution in [0.5, 0.6) is 5.75 Å². The Morgan fingerprint density at radius 1 is 1.12 bits per heavy atom. The zero-order valence-electron chi connectivity index (χ0n) is 17.3. The van der Waals surface area contributed by atoms with Crippen molar-refractivity contribution in [2.75, 3.05) is 20.1 Å². The van der Waals surface area contributed by atoms with Gasteiger partial charge in [-0.05, 0) is 41.5 Å². The molecular formula is C24H20ClF2N3O2. The fraction of sp³-hybridized carbons (Fsp3) is 0.250. The van der Waals surface area contributed by atoms with Gasteiger partial charge in [-0.1, -0.05) is 17.7 Å². The van der Waals surface area contributed by atoms with E-state index in [2.05, 4.69) is 9.88 Å². The van der Waals surface area contributed by atoms with Crippen molar-refractivity contribution in [2.24, 2.45) is 0 Å². The van der Waals surface area contributed by atoms with Crippen LogP contribution in [0.25, 0.3) is 11.1 Å². The van der Waals surface area contributed by atoms with E-state index in [0.717, 1.165) is 11.6 Å². The maximum atomic E-state index is 14.3. The van der Waals surface area contributed by atoms with Crippen LogP contribution in [0.4, 0.5) is 8.78 Å². The van der Waals surface area contributed by atoms with E-state index in [4.69, 9.17) is 16.3 Å². The van der Waals surface area contributed by atoms with Crippen molar-refractivity contribution in [3.8, 4) is 16.9 Å². The van der Waals surface area contributed by atoms with Crippen LogP contribution in [0.3, 0.4) is 0 Å². The second-order valence-electron chi connectivity index (χ2n) is 8.14. The number of amides is 1. The molecule has 0 saturated carbocycles. The molecule has 1 saturated heterocycles. The zero-order chi connectivity index (χ0) is 22.4. The number of nitrogens with zero attached hydrogens (tertiary/aromatic N) is 3. The van der Waals surface area contributed by atoms with Gasteiger partial charge in [0.2, 0.25) is 0 Å². The summed E-state index contributed by atoms with van der Waals surface area (Å²) >= 11 is 6.26. The standard InChI is InChI=1S/C24H20ClF2N3O2/c1-29-21-12-30(11-15-6-7-28-10-19(15)25)13-23(21)32-22-8-14(2-4-18(22)24(29)31)17-5-3-16(26)9-20(17)27/h2-10,21,23H,11-13H2,1H3. The van der Waals surface area contributed by atoms with Gasteiger partial charge < -0.3 is 9.64 Å². The molecule has 2 aliphatic rings. The molecule has 0 N–H and O–H groups in total. The third kappa shape index (κ3) is 3.72. The molecule has 1 fully saturated rings. The molecule has 1 amide bonds. The lowest BCUT2D eigenvalue weighted by Gasteiger charge is -2.25. The van der Waals surface area contributed by atoms with Crippen molar-refractivity contribution >= 4 is 17.5 Å². The van der Waals surface area contributed by atoms with Crippen molar-refractivity contribution < 1.29 is 18.3 Å². The van der Waals surface area contributed by atoms with E-state index >= 15 is 0 Å². The first-order chi connectivity index (χ1) is 15.4. The summed E-state index contributed by atoms with van der Waals surface area (Å²) in [5.41, 5.74) is 2.16. The summed E-state index contributed by atoms with van der Waals surface area (Å²) in [5.74, 6) is -1.06. The molecule has 2 aromatic carbocycles. The van der Waals surface area contributed by atoms with Gasteiger partial charge in [-0.3, -0.25) is 14.7 Å². The number of carbonyl (C=O) groups excluding carboxylic acids is 1. The van der Waals surface area contributed by atoms with Crippen molar-refractivity contribution in [1.29, 1.82) is 0 Å². The highest BCUT2D eigenvalue weighted by Crippen LogP contribution is 2.35. The zero-order valence-corrected chi connectivity index (χ0v) is 18.0. The predicted molar refractivity (Wildman–Crippen MR) is 117 cm³/mol. The number of hydrogen-bond donors (Lipinski definition) is 0. The molecule has 8 heteroatoms. The number of hydrogen-bond acceptors (Lipinski definition) is 4. The Balaban J connectivity index is 1.44. The lowest BCUT2D eigenvalue weighted by molar-refractivity contribution is 0.0682. The molecule has 0 radical (unpaired) electrons. The molecule has 0 bridgehead atoms. The molecule has 2 unspecified atom stereocenters. The number of benzene rings is 2. The fourth-order valence-electron chi connectivity index (χ4n) is 4.41. The first-order valence-electron chi connectivity index (χ1n) is 10.2. The summed E-state index contributed by atoms with van der Waals surface area (Å²) in [5, 5.41) is 0.598. The van der Waals surface area contributed by atoms with Crippen molar-refractivity contribution in [2.45, 2.75) is 18.7 Å². The summed E-state index contributed by atoms with van der Waals surface area (Å²) < 4.78 is 33.9. The highest BCUT2D eigenvalue weighted by molar-refractivity contribution is 6.31. The van der Waals surface area contributed by atoms with Crippen LogP contribution in [-0.2, 0) is 6.54 Å². The van der Waals surface area contributed by atoms with Crippen molar-refractivity contribution in [3.63, 3.8) is 0 Å². The van der Waals surface area contributed by atoms with Gasteiger partial charge in [-0.15, -0.1) is 0 Å². The molecule has 1 aromatic heterocycles. The second kappa shape index (κ2) is 8.15. The number of pyridine rings is 1. The minimum Gasteiger partial charge on any atom is -0.486 e. The van der Waals surface area contributed by atoms with Crippen LogP contribution in [0.1, 0.15) is 15.9 Å². The maximum Gasteiger partial charge on any atom is 0.257 e. The summed E-state index contributed by atoms with van der Waals surface area (Å²) in [7, 11) is 1.77. The lowest BCUT2D eigenvalue weighted by Crippen LogP contribution is -2.44. The number of likely N-dealkylation sites (N-methyl/N-ethyl adjacent to an activating group) is 1. The molecule has 0 spiro atoms. The number of aromatic nitrogens is 1. The Labute approximate surface area is 189 Å². The Morgan fingerprint density at radius 3 is 2.72 bits per heavy atom. The van der Waals surface area contributed by atoms with Gasteiger partial charge in [0.1, 0.15) is 23.5 Å². The van der Waals surface area contributed by atoms with E-state index in [1.54, 1.807) is 42.5 Å². The van der Waals surface area contributed by atoms with Crippen LogP contribution in [0.2, 0.25) is 5.02 Å². The Morgan fingerprint density at radius 2 is 1.94 bits per heavy atom. The molecule has 3 heterocycles. The molecule has 2 aliphatic heterocycles. The van der Waals surface area contributed by atoms with Crippen LogP contribution < -0.4 is 4.74 Å². The Bertz CT molecular complexity index is 1210. The molecule has 5 nitrogen and oxygen atoms in total. The number of likely N-dealkylation sites (tertiary alicyclic amines) is 1. The summed E-state index contributed by atoms with van der Waals surface area (Å²) in [6.45, 7) is 1.86. The van der Waals surface area contributed by atoms with E-state index in [-0.39, 0.29) is 23.6 Å². The van der Waals surface area contributed by atoms with Crippen LogP contribution in [0, 0.1) is 11.6 Å². The van der Waals surface area contributed by atoms with E-state index in [1.807, 2.05) is 6.07 Å². The quantitative estimate of drug-likeness (QED) is 0.587. The van der Waals surface area contributed by atoms with Gasteiger partial charge in [-0.25, -0.2) is 8.78 Å². The smallest absolute Gasteiger partial charge is 0.257 e. The van der Waals surface area contributed by atoms with Gasteiger partial charge in [0.15, 0.2) is 0 Å². The van der Waals surface area contributed by atoms with E-state index in [9.17, 15) is 13.6 Å². The second-order valence-corrected chi connectivity index (χ2v) is 8.54. The van der Waals surface area contributed by atoms with Gasteiger partial charge in [0.05, 0.1) is 16.6 Å². The molecular weight excluding hydrogens is 436 g/mol. The summed E-state index contributed by atoms with van der Waals surface area (Å²) in [4.78, 5) is 21.1. The van der Waals surface area contributed by atoms with E-state index in [0.29, 0.717) is 41.5 Å². The molecule has 3 aromatic rings. The topological polar surface area (TPSA) is 45.7 Å². The lowest BCUT2D eigenvalue weighted by atomic mass is 10.0. The normalized spacial score (nSPS) is 20.5. The number of rotatable bonds is 3. The van der Waals surface area contributed by atoms with Crippen LogP contribution in [0.15, 0.2) is 54.9 Å². The first-order valence-corrected chi connectivity index (χ1v) is 10.6. The Hall–Kier alpha value is -3.03. The molecule has 2 atom stereocenters. The van der Waals surface area contributed by atoms with Crippen LogP contribution >= 0.6 is 11.6 Å². The Kier molecular flexibility index (Phi) is 5.31. The van der Waals surface area contributed by atoms with Crippen LogP contribution in [-0.4, -0.2) is 53.0 Å². The largest absolute Gasteiger partial charge is 0.486 e. The van der Waals surface area contributed by atoms with E-state index in [1.165, 1.54) is 12.1 Å². The van der Waals surface area contributed by atoms with E-state index < -0.39 is 11.6 Å². The van der Waals surface area contributed by atoms with Gasteiger partial charge >= 0.3 is 0 Å². The number of fused-ring (bicyclic) bond motifs is 2. The average Bonchev–Trinajstić information content (AvgIpc) is 3.12. The van der Waals surface area contributed by atoms with Gasteiger partial charge in [0, 0.05) is 50.7 Å². The minimum atomic E-state index is -0.666. The molecule has 5 rings (SSSR count). The van der Waals surface area contributed by atoms with Gasteiger partial charge in [0.25, 0.3) is 5.91 Å².